The van der Waals surface area contributed by atoms with E-state index >= 15 is 0 Å². The first-order valence-corrected chi connectivity index (χ1v) is 9.92. The number of amides is 2. The smallest absolute Gasteiger partial charge is 0.268 e. The predicted octanol–water partition coefficient (Wildman–Crippen LogP) is 5.50. The minimum absolute atomic E-state index is 0.260. The largest absolute Gasteiger partial charge is 0.272 e. The van der Waals surface area contributed by atoms with Crippen LogP contribution >= 0.6 is 23.4 Å². The SMILES string of the molecule is CCSC1=C(c2ccc(Cl)cc2)C(=O)N(c2ccc(C(C)C)cc2)C1=O. The molecule has 2 amide bonds. The quantitative estimate of drug-likeness (QED) is 0.637. The Morgan fingerprint density at radius 1 is 0.962 bits per heavy atom. The Bertz CT molecular complexity index is 870. The van der Waals surface area contributed by atoms with Gasteiger partial charge in [-0.25, -0.2) is 4.90 Å². The number of rotatable bonds is 5. The molecule has 2 aromatic carbocycles. The zero-order chi connectivity index (χ0) is 18.8. The molecule has 3 rings (SSSR count). The van der Waals surface area contributed by atoms with Gasteiger partial charge in [-0.15, -0.1) is 11.8 Å². The molecule has 3 nitrogen and oxygen atoms in total. The summed E-state index contributed by atoms with van der Waals surface area (Å²) in [6.45, 7) is 6.18. The van der Waals surface area contributed by atoms with Crippen LogP contribution in [0.1, 0.15) is 37.8 Å². The van der Waals surface area contributed by atoms with Crippen molar-refractivity contribution in [3.8, 4) is 0 Å². The summed E-state index contributed by atoms with van der Waals surface area (Å²) in [5.74, 6) is 0.559. The fourth-order valence-corrected chi connectivity index (χ4v) is 3.88. The minimum Gasteiger partial charge on any atom is -0.268 e. The van der Waals surface area contributed by atoms with Gasteiger partial charge in [0.2, 0.25) is 0 Å². The molecule has 0 radical (unpaired) electrons. The molecular weight excluding hydrogens is 366 g/mol. The molecule has 2 aromatic rings. The van der Waals surface area contributed by atoms with Gasteiger partial charge in [-0.1, -0.05) is 56.6 Å². The molecule has 0 aliphatic carbocycles. The summed E-state index contributed by atoms with van der Waals surface area (Å²) in [7, 11) is 0. The number of carbonyl (C=O) groups excluding carboxylic acids is 2. The predicted molar refractivity (Wildman–Crippen MR) is 110 cm³/mol. The van der Waals surface area contributed by atoms with Crippen LogP contribution in [0.3, 0.4) is 0 Å². The maximum atomic E-state index is 13.1. The number of thioether (sulfide) groups is 1. The van der Waals surface area contributed by atoms with Crippen LogP contribution < -0.4 is 4.90 Å². The first-order chi connectivity index (χ1) is 12.4. The molecule has 1 aliphatic rings. The van der Waals surface area contributed by atoms with E-state index in [-0.39, 0.29) is 11.8 Å². The summed E-state index contributed by atoms with van der Waals surface area (Å²) in [4.78, 5) is 27.8. The van der Waals surface area contributed by atoms with Gasteiger partial charge in [-0.05, 0) is 47.1 Å². The highest BCUT2D eigenvalue weighted by Gasteiger charge is 2.39. The van der Waals surface area contributed by atoms with Crippen molar-refractivity contribution in [3.05, 3.63) is 69.6 Å². The van der Waals surface area contributed by atoms with Crippen molar-refractivity contribution < 1.29 is 9.59 Å². The number of carbonyl (C=O) groups is 2. The van der Waals surface area contributed by atoms with Crippen LogP contribution in [-0.4, -0.2) is 17.6 Å². The molecule has 1 heterocycles. The molecule has 0 atom stereocenters. The van der Waals surface area contributed by atoms with Crippen molar-refractivity contribution in [2.45, 2.75) is 26.7 Å². The van der Waals surface area contributed by atoms with E-state index in [9.17, 15) is 9.59 Å². The van der Waals surface area contributed by atoms with Crippen LogP contribution in [0.4, 0.5) is 5.69 Å². The van der Waals surface area contributed by atoms with E-state index in [1.807, 2.05) is 31.2 Å². The minimum atomic E-state index is -0.287. The molecule has 0 saturated carbocycles. The van der Waals surface area contributed by atoms with Gasteiger partial charge in [-0.3, -0.25) is 9.59 Å². The lowest BCUT2D eigenvalue weighted by Gasteiger charge is -2.16. The molecule has 0 spiro atoms. The number of benzene rings is 2. The molecular formula is C21H20ClNO2S. The molecule has 1 aliphatic heterocycles. The van der Waals surface area contributed by atoms with Gasteiger partial charge >= 0.3 is 0 Å². The standard InChI is InChI=1S/C21H20ClNO2S/c1-4-26-19-18(15-5-9-16(22)10-6-15)20(24)23(21(19)25)17-11-7-14(8-12-17)13(2)3/h5-13H,4H2,1-3H3. The molecule has 0 saturated heterocycles. The Morgan fingerprint density at radius 3 is 2.12 bits per heavy atom. The van der Waals surface area contributed by atoms with Gasteiger partial charge in [0.25, 0.3) is 11.8 Å². The van der Waals surface area contributed by atoms with Crippen molar-refractivity contribution in [2.75, 3.05) is 10.7 Å². The molecule has 0 fully saturated rings. The molecule has 0 unspecified atom stereocenters. The normalized spacial score (nSPS) is 14.7. The topological polar surface area (TPSA) is 37.4 Å². The third-order valence-electron chi connectivity index (χ3n) is 4.28. The van der Waals surface area contributed by atoms with Crippen LogP contribution in [0.5, 0.6) is 0 Å². The highest BCUT2D eigenvalue weighted by atomic mass is 35.5. The van der Waals surface area contributed by atoms with Crippen molar-refractivity contribution in [2.24, 2.45) is 0 Å². The zero-order valence-corrected chi connectivity index (χ0v) is 16.5. The van der Waals surface area contributed by atoms with Gasteiger partial charge < -0.3 is 0 Å². The Kier molecular flexibility index (Phi) is 5.54. The third kappa shape index (κ3) is 3.44. The van der Waals surface area contributed by atoms with Gasteiger partial charge in [0.05, 0.1) is 16.2 Å². The number of anilines is 1. The molecule has 0 N–H and O–H groups in total. The summed E-state index contributed by atoms with van der Waals surface area (Å²) >= 11 is 7.36. The van der Waals surface area contributed by atoms with Crippen LogP contribution in [0.25, 0.3) is 5.57 Å². The van der Waals surface area contributed by atoms with E-state index in [1.54, 1.807) is 24.3 Å². The Morgan fingerprint density at radius 2 is 1.58 bits per heavy atom. The number of halogens is 1. The second kappa shape index (κ2) is 7.68. The number of imide groups is 1. The summed E-state index contributed by atoms with van der Waals surface area (Å²) in [6, 6.07) is 14.6. The lowest BCUT2D eigenvalue weighted by molar-refractivity contribution is -0.119. The summed E-state index contributed by atoms with van der Waals surface area (Å²) in [5.41, 5.74) is 2.93. The Labute approximate surface area is 163 Å². The van der Waals surface area contributed by atoms with Crippen molar-refractivity contribution >= 4 is 46.4 Å². The van der Waals surface area contributed by atoms with Crippen LogP contribution in [0, 0.1) is 0 Å². The summed E-state index contributed by atoms with van der Waals surface area (Å²) in [6.07, 6.45) is 0. The summed E-state index contributed by atoms with van der Waals surface area (Å²) < 4.78 is 0. The van der Waals surface area contributed by atoms with Crippen LogP contribution in [-0.2, 0) is 9.59 Å². The molecule has 26 heavy (non-hydrogen) atoms. The Balaban J connectivity index is 2.02. The average Bonchev–Trinajstić information content (AvgIpc) is 2.87. The Hall–Kier alpha value is -2.04. The maximum Gasteiger partial charge on any atom is 0.272 e. The van der Waals surface area contributed by atoms with Gasteiger partial charge in [0.1, 0.15) is 0 Å². The zero-order valence-electron chi connectivity index (χ0n) is 15.0. The average molecular weight is 386 g/mol. The van der Waals surface area contributed by atoms with E-state index in [1.165, 1.54) is 22.2 Å². The van der Waals surface area contributed by atoms with E-state index in [4.69, 9.17) is 11.6 Å². The summed E-state index contributed by atoms with van der Waals surface area (Å²) in [5, 5.41) is 0.594. The molecule has 0 aromatic heterocycles. The van der Waals surface area contributed by atoms with Gasteiger partial charge in [-0.2, -0.15) is 0 Å². The van der Waals surface area contributed by atoms with Crippen molar-refractivity contribution in [3.63, 3.8) is 0 Å². The van der Waals surface area contributed by atoms with E-state index in [0.717, 1.165) is 0 Å². The first-order valence-electron chi connectivity index (χ1n) is 8.55. The third-order valence-corrected chi connectivity index (χ3v) is 5.49. The second-order valence-electron chi connectivity index (χ2n) is 6.34. The first kappa shape index (κ1) is 18.7. The van der Waals surface area contributed by atoms with Crippen molar-refractivity contribution in [1.82, 2.24) is 0 Å². The second-order valence-corrected chi connectivity index (χ2v) is 8.05. The molecule has 134 valence electrons. The fraction of sp³-hybridized carbons (Fsp3) is 0.238. The highest BCUT2D eigenvalue weighted by molar-refractivity contribution is 8.04. The lowest BCUT2D eigenvalue weighted by Crippen LogP contribution is -2.31. The lowest BCUT2D eigenvalue weighted by atomic mass is 10.0. The van der Waals surface area contributed by atoms with Crippen LogP contribution in [0.15, 0.2) is 53.4 Å². The van der Waals surface area contributed by atoms with Gasteiger partial charge in [0, 0.05) is 5.02 Å². The maximum absolute atomic E-state index is 13.1. The van der Waals surface area contributed by atoms with Crippen LogP contribution in [0.2, 0.25) is 5.02 Å². The van der Waals surface area contributed by atoms with Crippen molar-refractivity contribution in [1.29, 1.82) is 0 Å². The van der Waals surface area contributed by atoms with E-state index < -0.39 is 0 Å². The number of hydrogen-bond donors (Lipinski definition) is 0. The number of nitrogens with zero attached hydrogens (tertiary/aromatic N) is 1. The van der Waals surface area contributed by atoms with E-state index in [2.05, 4.69) is 13.8 Å². The number of hydrogen-bond acceptors (Lipinski definition) is 3. The monoisotopic (exact) mass is 385 g/mol. The molecule has 0 bridgehead atoms. The van der Waals surface area contributed by atoms with E-state index in [0.29, 0.717) is 38.4 Å². The van der Waals surface area contributed by atoms with Gasteiger partial charge in [0.15, 0.2) is 0 Å². The highest BCUT2D eigenvalue weighted by Crippen LogP contribution is 2.38. The molecule has 5 heteroatoms. The fourth-order valence-electron chi connectivity index (χ4n) is 2.90.